The Labute approximate surface area is 497 Å². The monoisotopic (exact) mass is 1210 g/mol. The van der Waals surface area contributed by atoms with Gasteiger partial charge in [-0.25, -0.2) is 9.13 Å². The van der Waals surface area contributed by atoms with Crippen LogP contribution in [0.5, 0.6) is 0 Å². The number of ether oxygens (including phenoxy) is 4. The van der Waals surface area contributed by atoms with Crippen LogP contribution >= 0.6 is 15.6 Å². The van der Waals surface area contributed by atoms with Gasteiger partial charge in [0.1, 0.15) is 19.3 Å². The van der Waals surface area contributed by atoms with Crippen LogP contribution < -0.4 is 0 Å². The Kier molecular flexibility index (Phi) is 53.5. The molecule has 2 unspecified atom stereocenters. The molecule has 0 aliphatic carbocycles. The van der Waals surface area contributed by atoms with Gasteiger partial charge in [-0.1, -0.05) is 233 Å². The third-order valence-electron chi connectivity index (χ3n) is 13.8. The van der Waals surface area contributed by atoms with Gasteiger partial charge in [0.2, 0.25) is 0 Å². The number of carbonyl (C=O) groups is 4. The Bertz CT molecular complexity index is 1710. The van der Waals surface area contributed by atoms with Crippen LogP contribution in [-0.2, 0) is 65.4 Å². The third-order valence-corrected chi connectivity index (χ3v) is 15.7. The second kappa shape index (κ2) is 55.1. The van der Waals surface area contributed by atoms with Crippen molar-refractivity contribution in [1.29, 1.82) is 0 Å². The molecule has 82 heavy (non-hydrogen) atoms. The molecule has 0 saturated heterocycles. The second-order valence-corrected chi connectivity index (χ2v) is 26.0. The number of hydrogen-bond donors (Lipinski definition) is 3. The molecule has 0 rings (SSSR count). The molecule has 0 aromatic heterocycles. The highest BCUT2D eigenvalue weighted by atomic mass is 31.2. The maximum Gasteiger partial charge on any atom is 0.472 e. The number of phosphoric ester groups is 2. The molecule has 0 aromatic rings. The molecule has 17 nitrogen and oxygen atoms in total. The van der Waals surface area contributed by atoms with Gasteiger partial charge in [0.05, 0.1) is 26.4 Å². The summed E-state index contributed by atoms with van der Waals surface area (Å²) in [4.78, 5) is 72.0. The van der Waals surface area contributed by atoms with E-state index in [-0.39, 0.29) is 25.7 Å². The maximum atomic E-state index is 13.0. The molecule has 5 atom stereocenters. The molecule has 0 spiro atoms. The van der Waals surface area contributed by atoms with Crippen molar-refractivity contribution >= 4 is 39.5 Å². The van der Waals surface area contributed by atoms with Crippen molar-refractivity contribution < 1.29 is 80.2 Å². The molecule has 482 valence electrons. The van der Waals surface area contributed by atoms with Gasteiger partial charge >= 0.3 is 39.5 Å². The summed E-state index contributed by atoms with van der Waals surface area (Å²) in [6.07, 6.45) is 40.1. The van der Waals surface area contributed by atoms with Gasteiger partial charge in [-0.05, 0) is 63.2 Å². The molecule has 0 heterocycles. The van der Waals surface area contributed by atoms with Gasteiger partial charge in [-0.15, -0.1) is 0 Å². The lowest BCUT2D eigenvalue weighted by Gasteiger charge is -2.21. The molecular formula is C63H118O17P2. The van der Waals surface area contributed by atoms with Crippen molar-refractivity contribution in [2.45, 2.75) is 304 Å². The quantitative estimate of drug-likeness (QED) is 0.0169. The van der Waals surface area contributed by atoms with E-state index in [1.807, 2.05) is 0 Å². The SMILES string of the molecule is CCCCCC/C=C\C=C/CCCCCCCC(=O)O[C@H](COC(=O)CCCCCCCCCCC(C)C)COP(=O)(O)OC[C@@H](O)COP(=O)(O)OC[C@@H](COC(=O)CCCCCCCCC)OC(=O)CCCCCCCCC(C)C. The van der Waals surface area contributed by atoms with E-state index in [1.54, 1.807) is 0 Å². The maximum absolute atomic E-state index is 13.0. The summed E-state index contributed by atoms with van der Waals surface area (Å²) in [5.74, 6) is -0.784. The summed E-state index contributed by atoms with van der Waals surface area (Å²) in [6.45, 7) is 9.24. The largest absolute Gasteiger partial charge is 0.472 e. The number of unbranched alkanes of at least 4 members (excludes halogenated alkanes) is 27. The molecule has 0 aromatic carbocycles. The van der Waals surface area contributed by atoms with Crippen molar-refractivity contribution in [3.8, 4) is 0 Å². The summed E-state index contributed by atoms with van der Waals surface area (Å²) >= 11 is 0. The fourth-order valence-corrected chi connectivity index (χ4v) is 10.4. The van der Waals surface area contributed by atoms with Crippen LogP contribution in [0.25, 0.3) is 0 Å². The predicted molar refractivity (Wildman–Crippen MR) is 326 cm³/mol. The summed E-state index contributed by atoms with van der Waals surface area (Å²) in [5.41, 5.74) is 0. The highest BCUT2D eigenvalue weighted by molar-refractivity contribution is 7.47. The number of aliphatic hydroxyl groups excluding tert-OH is 1. The highest BCUT2D eigenvalue weighted by Crippen LogP contribution is 2.45. The Morgan fingerprint density at radius 1 is 0.378 bits per heavy atom. The zero-order valence-electron chi connectivity index (χ0n) is 52.3. The van der Waals surface area contributed by atoms with Gasteiger partial charge in [0, 0.05) is 25.7 Å². The van der Waals surface area contributed by atoms with Gasteiger partial charge in [0.15, 0.2) is 12.2 Å². The molecular weight excluding hydrogens is 1090 g/mol. The smallest absolute Gasteiger partial charge is 0.462 e. The van der Waals surface area contributed by atoms with E-state index in [4.69, 9.17) is 37.0 Å². The standard InChI is InChI=1S/C63H118O17P2/c1-7-9-11-13-15-16-17-18-19-20-21-22-28-35-41-47-62(67)79-58(52-74-61(66)46-40-34-27-24-23-26-31-37-43-55(3)4)53-77-81(69,70)75-49-57(64)50-76-82(71,72)78-54-59(51-73-60(65)45-39-33-25-14-12-10-8-2)80-63(68)48-42-36-30-29-32-38-44-56(5)6/h16-19,55-59,64H,7-15,20-54H2,1-6H3,(H,69,70)(H,71,72)/b17-16-,19-18-/t57-,58-,59-/m1/s1. The minimum Gasteiger partial charge on any atom is -0.462 e. The van der Waals surface area contributed by atoms with Gasteiger partial charge in [-0.2, -0.15) is 0 Å². The molecule has 0 radical (unpaired) electrons. The lowest BCUT2D eigenvalue weighted by Crippen LogP contribution is -2.30. The van der Waals surface area contributed by atoms with E-state index in [0.717, 1.165) is 128 Å². The van der Waals surface area contributed by atoms with Crippen molar-refractivity contribution in [2.75, 3.05) is 39.6 Å². The number of hydrogen-bond acceptors (Lipinski definition) is 15. The van der Waals surface area contributed by atoms with Crippen LogP contribution in [0.15, 0.2) is 24.3 Å². The lowest BCUT2D eigenvalue weighted by atomic mass is 10.0. The van der Waals surface area contributed by atoms with E-state index in [2.05, 4.69) is 65.8 Å². The Morgan fingerprint density at radius 3 is 1.00 bits per heavy atom. The number of allylic oxidation sites excluding steroid dienone is 4. The second-order valence-electron chi connectivity index (χ2n) is 23.1. The first-order chi connectivity index (χ1) is 39.4. The first-order valence-corrected chi connectivity index (χ1v) is 35.3. The average Bonchev–Trinajstić information content (AvgIpc) is 3.45. The molecule has 0 fully saturated rings. The van der Waals surface area contributed by atoms with Crippen LogP contribution in [0, 0.1) is 11.8 Å². The van der Waals surface area contributed by atoms with Crippen LogP contribution in [0.3, 0.4) is 0 Å². The normalized spacial score (nSPS) is 14.5. The molecule has 0 saturated carbocycles. The van der Waals surface area contributed by atoms with E-state index in [9.17, 15) is 43.2 Å². The molecule has 3 N–H and O–H groups in total. The first kappa shape index (κ1) is 79.5. The first-order valence-electron chi connectivity index (χ1n) is 32.3. The van der Waals surface area contributed by atoms with E-state index in [1.165, 1.54) is 70.6 Å². The van der Waals surface area contributed by atoms with Crippen molar-refractivity contribution in [3.63, 3.8) is 0 Å². The van der Waals surface area contributed by atoms with Gasteiger partial charge in [-0.3, -0.25) is 37.3 Å². The van der Waals surface area contributed by atoms with Crippen molar-refractivity contribution in [1.82, 2.24) is 0 Å². The number of aliphatic hydroxyl groups is 1. The van der Waals surface area contributed by atoms with Crippen LogP contribution in [-0.4, -0.2) is 96.7 Å². The molecule has 0 aliphatic rings. The molecule has 0 amide bonds. The number of rotatable bonds is 60. The fourth-order valence-electron chi connectivity index (χ4n) is 8.81. The van der Waals surface area contributed by atoms with Crippen molar-refractivity contribution in [2.24, 2.45) is 11.8 Å². The Hall–Kier alpha value is -2.46. The van der Waals surface area contributed by atoms with Crippen LogP contribution in [0.2, 0.25) is 0 Å². The zero-order chi connectivity index (χ0) is 60.8. The minimum atomic E-state index is -4.95. The number of esters is 4. The van der Waals surface area contributed by atoms with Crippen molar-refractivity contribution in [3.05, 3.63) is 24.3 Å². The lowest BCUT2D eigenvalue weighted by molar-refractivity contribution is -0.161. The Morgan fingerprint density at radius 2 is 0.659 bits per heavy atom. The fraction of sp³-hybridized carbons (Fsp3) is 0.873. The van der Waals surface area contributed by atoms with E-state index >= 15 is 0 Å². The third kappa shape index (κ3) is 56.7. The summed E-state index contributed by atoms with van der Waals surface area (Å²) < 4.78 is 67.8. The highest BCUT2D eigenvalue weighted by Gasteiger charge is 2.30. The van der Waals surface area contributed by atoms with Gasteiger partial charge < -0.3 is 33.8 Å². The predicted octanol–water partition coefficient (Wildman–Crippen LogP) is 16.8. The topological polar surface area (TPSA) is 237 Å². The summed E-state index contributed by atoms with van der Waals surface area (Å²) in [5, 5.41) is 10.5. The average molecular weight is 1210 g/mol. The van der Waals surface area contributed by atoms with Crippen LogP contribution in [0.4, 0.5) is 0 Å². The summed E-state index contributed by atoms with van der Waals surface area (Å²) in [6, 6.07) is 0. The number of phosphoric acid groups is 2. The molecule has 0 bridgehead atoms. The zero-order valence-corrected chi connectivity index (χ0v) is 54.0. The summed E-state index contributed by atoms with van der Waals surface area (Å²) in [7, 11) is -9.89. The molecule has 19 heteroatoms. The number of carbonyl (C=O) groups excluding carboxylic acids is 4. The van der Waals surface area contributed by atoms with Gasteiger partial charge in [0.25, 0.3) is 0 Å². The van der Waals surface area contributed by atoms with E-state index in [0.29, 0.717) is 31.6 Å². The molecule has 0 aliphatic heterocycles. The Balaban J connectivity index is 5.25. The minimum absolute atomic E-state index is 0.0839. The van der Waals surface area contributed by atoms with Crippen LogP contribution in [0.1, 0.15) is 286 Å². The van der Waals surface area contributed by atoms with E-state index < -0.39 is 97.5 Å².